The van der Waals surface area contributed by atoms with Gasteiger partial charge in [-0.1, -0.05) is 0 Å². The van der Waals surface area contributed by atoms with Crippen LogP contribution in [0.3, 0.4) is 0 Å². The average molecular weight is 274 g/mol. The van der Waals surface area contributed by atoms with E-state index in [0.717, 1.165) is 5.69 Å². The highest BCUT2D eigenvalue weighted by Gasteiger charge is 2.11. The van der Waals surface area contributed by atoms with Gasteiger partial charge in [0.25, 0.3) is 0 Å². The molecule has 0 radical (unpaired) electrons. The lowest BCUT2D eigenvalue weighted by Gasteiger charge is -2.14. The van der Waals surface area contributed by atoms with Gasteiger partial charge in [-0.25, -0.2) is 4.98 Å². The first kappa shape index (κ1) is 14.1. The third-order valence-electron chi connectivity index (χ3n) is 2.77. The minimum atomic E-state index is -0.183. The minimum absolute atomic E-state index is 0.130. The zero-order chi connectivity index (χ0) is 14.5. The van der Waals surface area contributed by atoms with Crippen LogP contribution in [0.2, 0.25) is 0 Å². The van der Waals surface area contributed by atoms with Gasteiger partial charge in [-0.3, -0.25) is 4.79 Å². The fourth-order valence-corrected chi connectivity index (χ4v) is 1.86. The van der Waals surface area contributed by atoms with Crippen molar-refractivity contribution in [2.75, 3.05) is 12.4 Å². The first-order chi connectivity index (χ1) is 9.60. The zero-order valence-electron chi connectivity index (χ0n) is 11.5. The Labute approximate surface area is 117 Å². The van der Waals surface area contributed by atoms with Crippen molar-refractivity contribution >= 4 is 11.6 Å². The molecule has 6 heteroatoms. The molecule has 6 nitrogen and oxygen atoms in total. The summed E-state index contributed by atoms with van der Waals surface area (Å²) in [7, 11) is 1.58. The predicted octanol–water partition coefficient (Wildman–Crippen LogP) is 1.56. The lowest BCUT2D eigenvalue weighted by Crippen LogP contribution is -2.24. The maximum absolute atomic E-state index is 11.9. The Balaban J connectivity index is 2.31. The molecule has 2 aromatic rings. The molecule has 2 rings (SSSR count). The van der Waals surface area contributed by atoms with E-state index in [4.69, 9.17) is 10.5 Å². The Hall–Kier alpha value is -2.34. The van der Waals surface area contributed by atoms with Crippen molar-refractivity contribution in [3.63, 3.8) is 0 Å². The van der Waals surface area contributed by atoms with Crippen LogP contribution in [0.5, 0.6) is 5.75 Å². The van der Waals surface area contributed by atoms with Crippen LogP contribution in [0.4, 0.5) is 5.69 Å². The van der Waals surface area contributed by atoms with Crippen LogP contribution in [0.1, 0.15) is 13.3 Å². The van der Waals surface area contributed by atoms with E-state index in [1.54, 1.807) is 32.6 Å². The summed E-state index contributed by atoms with van der Waals surface area (Å²) in [5, 5.41) is 2.86. The van der Waals surface area contributed by atoms with Gasteiger partial charge in [0.2, 0.25) is 5.91 Å². The Kier molecular flexibility index (Phi) is 4.37. The highest BCUT2D eigenvalue weighted by Crippen LogP contribution is 2.25. The maximum Gasteiger partial charge on any atom is 0.225 e. The molecule has 1 heterocycles. The van der Waals surface area contributed by atoms with Crippen LogP contribution in [0.25, 0.3) is 5.69 Å². The van der Waals surface area contributed by atoms with Crippen LogP contribution in [-0.4, -0.2) is 28.6 Å². The number of aromatic nitrogens is 2. The van der Waals surface area contributed by atoms with E-state index >= 15 is 0 Å². The molecule has 0 bridgehead atoms. The molecule has 0 aliphatic carbocycles. The monoisotopic (exact) mass is 274 g/mol. The lowest BCUT2D eigenvalue weighted by atomic mass is 10.2. The van der Waals surface area contributed by atoms with Crippen molar-refractivity contribution < 1.29 is 9.53 Å². The van der Waals surface area contributed by atoms with E-state index in [0.29, 0.717) is 11.4 Å². The molecule has 3 N–H and O–H groups in total. The number of hydrogen-bond donors (Lipinski definition) is 2. The number of ether oxygens (including phenoxy) is 1. The fourth-order valence-electron chi connectivity index (χ4n) is 1.86. The molecule has 0 saturated heterocycles. The Morgan fingerprint density at radius 3 is 2.95 bits per heavy atom. The van der Waals surface area contributed by atoms with E-state index in [9.17, 15) is 4.79 Å². The van der Waals surface area contributed by atoms with Crippen molar-refractivity contribution in [3.8, 4) is 11.4 Å². The molecular weight excluding hydrogens is 256 g/mol. The number of rotatable bonds is 5. The second-order valence-corrected chi connectivity index (χ2v) is 4.58. The number of nitrogens with one attached hydrogen (secondary N) is 1. The van der Waals surface area contributed by atoms with E-state index in [1.165, 1.54) is 0 Å². The van der Waals surface area contributed by atoms with Crippen molar-refractivity contribution in [2.24, 2.45) is 5.73 Å². The highest BCUT2D eigenvalue weighted by atomic mass is 16.5. The normalized spacial score (nSPS) is 11.9. The molecule has 1 unspecified atom stereocenters. The standard InChI is InChI=1S/C14H18N4O2/c1-10(15)7-14(19)17-12-8-11(20-2)3-4-13(12)18-6-5-16-9-18/h3-6,8-10H,7,15H2,1-2H3,(H,17,19). The van der Waals surface area contributed by atoms with Crippen molar-refractivity contribution in [1.82, 2.24) is 9.55 Å². The first-order valence-electron chi connectivity index (χ1n) is 6.32. The minimum Gasteiger partial charge on any atom is -0.497 e. The molecular formula is C14H18N4O2. The lowest BCUT2D eigenvalue weighted by molar-refractivity contribution is -0.116. The Bertz CT molecular complexity index is 579. The molecule has 0 aliphatic rings. The SMILES string of the molecule is COc1ccc(-n2ccnc2)c(NC(=O)CC(C)N)c1. The van der Waals surface area contributed by atoms with E-state index in [2.05, 4.69) is 10.3 Å². The van der Waals surface area contributed by atoms with Crippen molar-refractivity contribution in [2.45, 2.75) is 19.4 Å². The number of anilines is 1. The van der Waals surface area contributed by atoms with Gasteiger partial charge in [-0.2, -0.15) is 0 Å². The van der Waals surface area contributed by atoms with E-state index < -0.39 is 0 Å². The van der Waals surface area contributed by atoms with Crippen LogP contribution in [-0.2, 0) is 4.79 Å². The van der Waals surface area contributed by atoms with Crippen molar-refractivity contribution in [1.29, 1.82) is 0 Å². The zero-order valence-corrected chi connectivity index (χ0v) is 11.5. The van der Waals surface area contributed by atoms with E-state index in [1.807, 2.05) is 22.9 Å². The maximum atomic E-state index is 11.9. The van der Waals surface area contributed by atoms with Gasteiger partial charge < -0.3 is 20.4 Å². The first-order valence-corrected chi connectivity index (χ1v) is 6.32. The number of benzene rings is 1. The number of carbonyl (C=O) groups excluding carboxylic acids is 1. The van der Waals surface area contributed by atoms with Crippen LogP contribution in [0.15, 0.2) is 36.9 Å². The summed E-state index contributed by atoms with van der Waals surface area (Å²) in [6.07, 6.45) is 5.42. The van der Waals surface area contributed by atoms with Gasteiger partial charge in [0.15, 0.2) is 0 Å². The fraction of sp³-hybridized carbons (Fsp3) is 0.286. The molecule has 1 aromatic carbocycles. The largest absolute Gasteiger partial charge is 0.497 e. The molecule has 0 aliphatic heterocycles. The number of nitrogens with zero attached hydrogens (tertiary/aromatic N) is 2. The smallest absolute Gasteiger partial charge is 0.225 e. The van der Waals surface area contributed by atoms with Crippen LogP contribution < -0.4 is 15.8 Å². The highest BCUT2D eigenvalue weighted by molar-refractivity contribution is 5.93. The molecule has 1 aromatic heterocycles. The van der Waals surface area contributed by atoms with Gasteiger partial charge in [0, 0.05) is 30.9 Å². The third-order valence-corrected chi connectivity index (χ3v) is 2.77. The summed E-state index contributed by atoms with van der Waals surface area (Å²) in [6.45, 7) is 1.79. The number of methoxy groups -OCH3 is 1. The van der Waals surface area contributed by atoms with Gasteiger partial charge in [-0.05, 0) is 19.1 Å². The average Bonchev–Trinajstić information content (AvgIpc) is 2.91. The number of hydrogen-bond acceptors (Lipinski definition) is 4. The molecule has 106 valence electrons. The molecule has 1 atom stereocenters. The summed E-state index contributed by atoms with van der Waals surface area (Å²) in [5.74, 6) is 0.541. The Morgan fingerprint density at radius 1 is 1.55 bits per heavy atom. The molecule has 1 amide bonds. The van der Waals surface area contributed by atoms with Gasteiger partial charge in [0.1, 0.15) is 5.75 Å². The number of carbonyl (C=O) groups is 1. The summed E-state index contributed by atoms with van der Waals surface area (Å²) in [4.78, 5) is 15.9. The van der Waals surface area contributed by atoms with Gasteiger partial charge >= 0.3 is 0 Å². The third kappa shape index (κ3) is 3.36. The number of nitrogens with two attached hydrogens (primary N) is 1. The Morgan fingerprint density at radius 2 is 2.35 bits per heavy atom. The number of amides is 1. The summed E-state index contributed by atoms with van der Waals surface area (Å²) < 4.78 is 7.01. The van der Waals surface area contributed by atoms with Gasteiger partial charge in [0.05, 0.1) is 24.8 Å². The quantitative estimate of drug-likeness (QED) is 0.866. The number of imidazole rings is 1. The van der Waals surface area contributed by atoms with Crippen molar-refractivity contribution in [3.05, 3.63) is 36.9 Å². The molecule has 0 spiro atoms. The summed E-state index contributed by atoms with van der Waals surface area (Å²) in [5.41, 5.74) is 7.12. The summed E-state index contributed by atoms with van der Waals surface area (Å²) in [6, 6.07) is 5.28. The van der Waals surface area contributed by atoms with Gasteiger partial charge in [-0.15, -0.1) is 0 Å². The van der Waals surface area contributed by atoms with Crippen LogP contribution >= 0.6 is 0 Å². The molecule has 0 saturated carbocycles. The topological polar surface area (TPSA) is 82.2 Å². The second kappa shape index (κ2) is 6.21. The predicted molar refractivity (Wildman–Crippen MR) is 77.0 cm³/mol. The summed E-state index contributed by atoms with van der Waals surface area (Å²) >= 11 is 0. The molecule has 20 heavy (non-hydrogen) atoms. The second-order valence-electron chi connectivity index (χ2n) is 4.58. The van der Waals surface area contributed by atoms with E-state index in [-0.39, 0.29) is 18.4 Å². The van der Waals surface area contributed by atoms with Crippen LogP contribution in [0, 0.1) is 0 Å². The molecule has 0 fully saturated rings.